The number of benzene rings is 1. The number of hydrogen-bond donors (Lipinski definition) is 1. The summed E-state index contributed by atoms with van der Waals surface area (Å²) in [6, 6.07) is 10.5. The van der Waals surface area contributed by atoms with E-state index in [4.69, 9.17) is 0 Å². The van der Waals surface area contributed by atoms with E-state index in [1.165, 1.54) is 16.5 Å². The van der Waals surface area contributed by atoms with Crippen molar-refractivity contribution in [3.63, 3.8) is 0 Å². The van der Waals surface area contributed by atoms with Crippen LogP contribution in [0.3, 0.4) is 0 Å². The lowest BCUT2D eigenvalue weighted by Gasteiger charge is -2.33. The van der Waals surface area contributed by atoms with Crippen LogP contribution in [0.4, 0.5) is 10.2 Å². The minimum Gasteiger partial charge on any atom is -0.324 e. The number of likely N-dealkylation sites (tertiary alicyclic amines) is 1. The monoisotopic (exact) mass is 515 g/mol. The third-order valence-electron chi connectivity index (χ3n) is 5.87. The van der Waals surface area contributed by atoms with Crippen LogP contribution in [0.25, 0.3) is 10.9 Å². The summed E-state index contributed by atoms with van der Waals surface area (Å²) in [4.78, 5) is 43.9. The Hall–Kier alpha value is -3.14. The Morgan fingerprint density at radius 3 is 2.73 bits per heavy atom. The first-order valence-corrected chi connectivity index (χ1v) is 11.2. The van der Waals surface area contributed by atoms with Crippen molar-refractivity contribution in [1.82, 2.24) is 19.7 Å². The lowest BCUT2D eigenvalue weighted by atomic mass is 9.97. The minimum atomic E-state index is -1.40. The van der Waals surface area contributed by atoms with Gasteiger partial charge in [-0.2, -0.15) is 5.10 Å². The van der Waals surface area contributed by atoms with Gasteiger partial charge in [0.05, 0.1) is 12.1 Å². The highest BCUT2D eigenvalue weighted by atomic mass is 79.9. The molecule has 1 aliphatic heterocycles. The standard InChI is InChI=1S/C23H23BrFN5O3/c1-13-7-8-17-16(9-13)21(14(2)31)28-30(17)12-20(32)29-11-15(25)10-23(29,3)22(33)27-19-6-4-5-18(24)26-19/h4-9,15H,10-12H2,1-3H3,(H,26,27,33)/t15-,23-/m1/s1. The molecule has 1 saturated heterocycles. The Balaban J connectivity index is 1.62. The number of ketones is 1. The molecule has 2 aromatic heterocycles. The maximum atomic E-state index is 14.5. The number of halogens is 2. The van der Waals surface area contributed by atoms with E-state index >= 15 is 0 Å². The van der Waals surface area contributed by atoms with Crippen molar-refractivity contribution in [3.05, 3.63) is 52.3 Å². The van der Waals surface area contributed by atoms with Crippen LogP contribution in [-0.4, -0.2) is 55.5 Å². The topological polar surface area (TPSA) is 97.2 Å². The molecule has 1 N–H and O–H groups in total. The van der Waals surface area contributed by atoms with Crippen molar-refractivity contribution in [2.45, 2.75) is 45.4 Å². The maximum Gasteiger partial charge on any atom is 0.251 e. The molecule has 0 aliphatic carbocycles. The van der Waals surface area contributed by atoms with Gasteiger partial charge in [-0.1, -0.05) is 17.7 Å². The number of amides is 2. The fourth-order valence-corrected chi connectivity index (χ4v) is 4.56. The van der Waals surface area contributed by atoms with E-state index in [1.54, 1.807) is 31.2 Å². The second-order valence-corrected chi connectivity index (χ2v) is 9.27. The summed E-state index contributed by atoms with van der Waals surface area (Å²) >= 11 is 3.25. The molecular formula is C23H23BrFN5O3. The van der Waals surface area contributed by atoms with E-state index < -0.39 is 23.5 Å². The zero-order valence-electron chi connectivity index (χ0n) is 18.4. The van der Waals surface area contributed by atoms with Crippen LogP contribution >= 0.6 is 15.9 Å². The van der Waals surface area contributed by atoms with Gasteiger partial charge in [-0.25, -0.2) is 9.37 Å². The molecule has 1 fully saturated rings. The number of nitrogens with one attached hydrogen (secondary N) is 1. The second-order valence-electron chi connectivity index (χ2n) is 8.46. The summed E-state index contributed by atoms with van der Waals surface area (Å²) < 4.78 is 16.4. The van der Waals surface area contributed by atoms with Crippen LogP contribution in [0.15, 0.2) is 41.0 Å². The molecule has 2 amide bonds. The summed E-state index contributed by atoms with van der Waals surface area (Å²) in [5, 5.41) is 7.68. The number of carbonyl (C=O) groups is 3. The van der Waals surface area contributed by atoms with Crippen molar-refractivity contribution < 1.29 is 18.8 Å². The number of alkyl halides is 1. The van der Waals surface area contributed by atoms with E-state index in [1.807, 2.05) is 19.1 Å². The fraction of sp³-hybridized carbons (Fsp3) is 0.348. The number of nitrogens with zero attached hydrogens (tertiary/aromatic N) is 4. The molecule has 0 bridgehead atoms. The van der Waals surface area contributed by atoms with Crippen molar-refractivity contribution in [2.24, 2.45) is 0 Å². The van der Waals surface area contributed by atoms with Crippen molar-refractivity contribution >= 4 is 50.2 Å². The molecule has 2 atom stereocenters. The van der Waals surface area contributed by atoms with Crippen LogP contribution in [0.5, 0.6) is 0 Å². The lowest BCUT2D eigenvalue weighted by molar-refractivity contribution is -0.142. The Labute approximate surface area is 198 Å². The Bertz CT molecular complexity index is 1280. The molecule has 10 heteroatoms. The minimum absolute atomic E-state index is 0.129. The second kappa shape index (κ2) is 8.66. The van der Waals surface area contributed by atoms with Gasteiger partial charge in [0.1, 0.15) is 34.4 Å². The number of carbonyl (C=O) groups excluding carboxylic acids is 3. The van der Waals surface area contributed by atoms with Crippen LogP contribution in [0.1, 0.15) is 36.3 Å². The first-order chi connectivity index (χ1) is 15.6. The highest BCUT2D eigenvalue weighted by Gasteiger charge is 2.50. The smallest absolute Gasteiger partial charge is 0.251 e. The summed E-state index contributed by atoms with van der Waals surface area (Å²) in [6.07, 6.45) is -1.47. The van der Waals surface area contributed by atoms with Gasteiger partial charge < -0.3 is 10.2 Å². The molecular weight excluding hydrogens is 493 g/mol. The number of rotatable bonds is 5. The average Bonchev–Trinajstić information content (AvgIpc) is 3.25. The van der Waals surface area contributed by atoms with Crippen molar-refractivity contribution in [1.29, 1.82) is 0 Å². The molecule has 8 nitrogen and oxygen atoms in total. The largest absolute Gasteiger partial charge is 0.324 e. The van der Waals surface area contributed by atoms with Gasteiger partial charge in [0.2, 0.25) is 5.91 Å². The van der Waals surface area contributed by atoms with Gasteiger partial charge in [0.15, 0.2) is 5.78 Å². The molecule has 33 heavy (non-hydrogen) atoms. The lowest BCUT2D eigenvalue weighted by Crippen LogP contribution is -2.54. The van der Waals surface area contributed by atoms with Gasteiger partial charge in [-0.3, -0.25) is 19.1 Å². The number of pyridine rings is 1. The van der Waals surface area contributed by atoms with Gasteiger partial charge >= 0.3 is 0 Å². The van der Waals surface area contributed by atoms with Gasteiger partial charge in [0, 0.05) is 18.7 Å². The van der Waals surface area contributed by atoms with E-state index in [9.17, 15) is 18.8 Å². The molecule has 3 aromatic rings. The number of fused-ring (bicyclic) bond motifs is 1. The molecule has 4 rings (SSSR count). The zero-order chi connectivity index (χ0) is 23.9. The number of aryl methyl sites for hydroxylation is 1. The number of Topliss-reactive ketones (excluding diaryl/α,β-unsaturated/α-hetero) is 1. The molecule has 172 valence electrons. The molecule has 1 aliphatic rings. The normalized spacial score (nSPS) is 20.3. The Morgan fingerprint density at radius 1 is 1.27 bits per heavy atom. The van der Waals surface area contributed by atoms with Crippen molar-refractivity contribution in [2.75, 3.05) is 11.9 Å². The SMILES string of the molecule is CC(=O)c1nn(CC(=O)N2C[C@H](F)C[C@]2(C)C(=O)Nc2cccc(Br)n2)c2ccc(C)cc12. The molecule has 0 radical (unpaired) electrons. The number of anilines is 1. The quantitative estimate of drug-likeness (QED) is 0.413. The fourth-order valence-electron chi connectivity index (χ4n) is 4.21. The third kappa shape index (κ3) is 4.39. The van der Waals surface area contributed by atoms with Gasteiger partial charge in [-0.05, 0) is 54.0 Å². The Kier molecular flexibility index (Phi) is 6.04. The Morgan fingerprint density at radius 2 is 2.03 bits per heavy atom. The highest BCUT2D eigenvalue weighted by molar-refractivity contribution is 9.10. The zero-order valence-corrected chi connectivity index (χ0v) is 20.0. The van der Waals surface area contributed by atoms with Crippen LogP contribution in [0, 0.1) is 6.92 Å². The molecule has 0 unspecified atom stereocenters. The van der Waals surface area contributed by atoms with Gasteiger partial charge in [0.25, 0.3) is 5.91 Å². The maximum absolute atomic E-state index is 14.5. The van der Waals surface area contributed by atoms with E-state index in [0.717, 1.165) is 5.56 Å². The van der Waals surface area contributed by atoms with E-state index in [-0.39, 0.29) is 31.0 Å². The average molecular weight is 516 g/mol. The van der Waals surface area contributed by atoms with Crippen LogP contribution in [-0.2, 0) is 16.1 Å². The molecule has 1 aromatic carbocycles. The summed E-state index contributed by atoms with van der Waals surface area (Å²) in [5.74, 6) is -0.903. The highest BCUT2D eigenvalue weighted by Crippen LogP contribution is 2.33. The van der Waals surface area contributed by atoms with Crippen LogP contribution < -0.4 is 5.32 Å². The van der Waals surface area contributed by atoms with E-state index in [0.29, 0.717) is 21.3 Å². The first kappa shape index (κ1) is 23.0. The molecule has 3 heterocycles. The predicted octanol–water partition coefficient (Wildman–Crippen LogP) is 3.67. The third-order valence-corrected chi connectivity index (χ3v) is 6.31. The molecule has 0 spiro atoms. The first-order valence-electron chi connectivity index (χ1n) is 10.4. The number of aromatic nitrogens is 3. The van der Waals surface area contributed by atoms with Gasteiger partial charge in [-0.15, -0.1) is 0 Å². The summed E-state index contributed by atoms with van der Waals surface area (Å²) in [6.45, 7) is 4.44. The summed E-state index contributed by atoms with van der Waals surface area (Å²) in [5.41, 5.74) is 0.456. The number of hydrogen-bond acceptors (Lipinski definition) is 5. The van der Waals surface area contributed by atoms with Crippen LogP contribution in [0.2, 0.25) is 0 Å². The van der Waals surface area contributed by atoms with Crippen molar-refractivity contribution in [3.8, 4) is 0 Å². The summed E-state index contributed by atoms with van der Waals surface area (Å²) in [7, 11) is 0. The molecule has 0 saturated carbocycles. The predicted molar refractivity (Wildman–Crippen MR) is 125 cm³/mol. The van der Waals surface area contributed by atoms with E-state index in [2.05, 4.69) is 31.3 Å².